The highest BCUT2D eigenvalue weighted by atomic mass is 79.9. The molecule has 0 spiro atoms. The summed E-state index contributed by atoms with van der Waals surface area (Å²) in [6, 6.07) is 10.0. The second-order valence-corrected chi connectivity index (χ2v) is 3.85. The Balaban J connectivity index is 2.28. The minimum Gasteiger partial charge on any atom is -0.468 e. The second kappa shape index (κ2) is 3.96. The molecule has 0 aliphatic carbocycles. The van der Waals surface area contributed by atoms with Crippen LogP contribution in [0.3, 0.4) is 0 Å². The standard InChI is InChI=1S/C11H8BrFO/c12-11(10-2-1-7-14-10)8-3-5-9(13)6-4-8/h1-7,11H. The number of furan rings is 1. The van der Waals surface area contributed by atoms with Gasteiger partial charge in [-0.25, -0.2) is 4.39 Å². The van der Waals surface area contributed by atoms with Gasteiger partial charge in [0.1, 0.15) is 11.6 Å². The number of rotatable bonds is 2. The highest BCUT2D eigenvalue weighted by Crippen LogP contribution is 2.30. The Hall–Kier alpha value is -1.09. The summed E-state index contributed by atoms with van der Waals surface area (Å²) >= 11 is 3.48. The van der Waals surface area contributed by atoms with Gasteiger partial charge in [-0.1, -0.05) is 28.1 Å². The summed E-state index contributed by atoms with van der Waals surface area (Å²) in [5, 5.41) is 0. The van der Waals surface area contributed by atoms with Crippen molar-refractivity contribution in [2.24, 2.45) is 0 Å². The van der Waals surface area contributed by atoms with Crippen LogP contribution in [-0.2, 0) is 0 Å². The third kappa shape index (κ3) is 1.87. The lowest BCUT2D eigenvalue weighted by molar-refractivity contribution is 0.519. The topological polar surface area (TPSA) is 13.1 Å². The van der Waals surface area contributed by atoms with Crippen LogP contribution < -0.4 is 0 Å². The van der Waals surface area contributed by atoms with E-state index in [1.54, 1.807) is 18.4 Å². The number of alkyl halides is 1. The highest BCUT2D eigenvalue weighted by molar-refractivity contribution is 9.09. The van der Waals surface area contributed by atoms with Crippen LogP contribution in [0.25, 0.3) is 0 Å². The Bertz CT molecular complexity index is 394. The molecule has 0 saturated heterocycles. The molecule has 0 saturated carbocycles. The van der Waals surface area contributed by atoms with Crippen molar-refractivity contribution in [3.8, 4) is 0 Å². The molecule has 14 heavy (non-hydrogen) atoms. The van der Waals surface area contributed by atoms with Gasteiger partial charge >= 0.3 is 0 Å². The van der Waals surface area contributed by atoms with Gasteiger partial charge in [0.2, 0.25) is 0 Å². The zero-order valence-electron chi connectivity index (χ0n) is 7.28. The van der Waals surface area contributed by atoms with E-state index in [0.29, 0.717) is 0 Å². The summed E-state index contributed by atoms with van der Waals surface area (Å²) in [6.07, 6.45) is 1.62. The Morgan fingerprint density at radius 3 is 2.43 bits per heavy atom. The lowest BCUT2D eigenvalue weighted by Crippen LogP contribution is -1.90. The van der Waals surface area contributed by atoms with E-state index < -0.39 is 0 Å². The number of benzene rings is 1. The molecule has 0 amide bonds. The van der Waals surface area contributed by atoms with E-state index in [-0.39, 0.29) is 10.6 Å². The quantitative estimate of drug-likeness (QED) is 0.741. The van der Waals surface area contributed by atoms with Crippen LogP contribution in [0.1, 0.15) is 16.2 Å². The van der Waals surface area contributed by atoms with E-state index in [0.717, 1.165) is 11.3 Å². The van der Waals surface area contributed by atoms with Crippen LogP contribution in [0.4, 0.5) is 4.39 Å². The summed E-state index contributed by atoms with van der Waals surface area (Å²) in [5.74, 6) is 0.588. The predicted molar refractivity (Wildman–Crippen MR) is 55.9 cm³/mol. The zero-order valence-corrected chi connectivity index (χ0v) is 8.87. The van der Waals surface area contributed by atoms with E-state index >= 15 is 0 Å². The summed E-state index contributed by atoms with van der Waals surface area (Å²) in [5.41, 5.74) is 0.973. The Kier molecular flexibility index (Phi) is 2.68. The largest absolute Gasteiger partial charge is 0.468 e. The number of halogens is 2. The maximum atomic E-state index is 12.7. The summed E-state index contributed by atoms with van der Waals surface area (Å²) in [7, 11) is 0. The maximum Gasteiger partial charge on any atom is 0.123 e. The molecule has 1 aromatic heterocycles. The Morgan fingerprint density at radius 2 is 1.86 bits per heavy atom. The van der Waals surface area contributed by atoms with Gasteiger partial charge in [-0.05, 0) is 29.8 Å². The first kappa shape index (κ1) is 9.46. The van der Waals surface area contributed by atoms with E-state index in [1.165, 1.54) is 12.1 Å². The van der Waals surface area contributed by atoms with Gasteiger partial charge in [0, 0.05) is 0 Å². The Labute approximate surface area is 89.7 Å². The summed E-state index contributed by atoms with van der Waals surface area (Å²) in [6.45, 7) is 0. The van der Waals surface area contributed by atoms with Crippen LogP contribution >= 0.6 is 15.9 Å². The van der Waals surface area contributed by atoms with Crippen LogP contribution in [-0.4, -0.2) is 0 Å². The van der Waals surface area contributed by atoms with Gasteiger partial charge in [0.05, 0.1) is 11.1 Å². The maximum absolute atomic E-state index is 12.7. The molecular weight excluding hydrogens is 247 g/mol. The molecule has 0 aliphatic heterocycles. The van der Waals surface area contributed by atoms with Gasteiger partial charge in [0.25, 0.3) is 0 Å². The molecule has 0 fully saturated rings. The average Bonchev–Trinajstić information content (AvgIpc) is 2.71. The monoisotopic (exact) mass is 254 g/mol. The van der Waals surface area contributed by atoms with Crippen molar-refractivity contribution in [1.29, 1.82) is 0 Å². The van der Waals surface area contributed by atoms with Crippen molar-refractivity contribution in [2.45, 2.75) is 4.83 Å². The van der Waals surface area contributed by atoms with Crippen molar-refractivity contribution in [3.63, 3.8) is 0 Å². The summed E-state index contributed by atoms with van der Waals surface area (Å²) in [4.78, 5) is -0.0156. The first-order chi connectivity index (χ1) is 6.77. The average molecular weight is 255 g/mol. The molecule has 1 atom stereocenters. The van der Waals surface area contributed by atoms with Gasteiger partial charge in [0.15, 0.2) is 0 Å². The number of hydrogen-bond donors (Lipinski definition) is 0. The van der Waals surface area contributed by atoms with Crippen LogP contribution in [0, 0.1) is 5.82 Å². The van der Waals surface area contributed by atoms with E-state index in [1.807, 2.05) is 12.1 Å². The molecule has 0 N–H and O–H groups in total. The molecule has 1 aromatic carbocycles. The van der Waals surface area contributed by atoms with Crippen LogP contribution in [0.2, 0.25) is 0 Å². The molecule has 0 aliphatic rings. The third-order valence-corrected chi connectivity index (χ3v) is 2.94. The Morgan fingerprint density at radius 1 is 1.14 bits per heavy atom. The zero-order chi connectivity index (χ0) is 9.97. The lowest BCUT2D eigenvalue weighted by Gasteiger charge is -2.06. The van der Waals surface area contributed by atoms with E-state index in [2.05, 4.69) is 15.9 Å². The van der Waals surface area contributed by atoms with Crippen LogP contribution in [0.15, 0.2) is 47.1 Å². The summed E-state index contributed by atoms with van der Waals surface area (Å²) < 4.78 is 17.9. The molecule has 1 heterocycles. The van der Waals surface area contributed by atoms with Gasteiger partial charge < -0.3 is 4.42 Å². The third-order valence-electron chi connectivity index (χ3n) is 1.96. The van der Waals surface area contributed by atoms with E-state index in [4.69, 9.17) is 4.42 Å². The fourth-order valence-corrected chi connectivity index (χ4v) is 1.80. The van der Waals surface area contributed by atoms with Crippen molar-refractivity contribution < 1.29 is 8.81 Å². The van der Waals surface area contributed by atoms with Gasteiger partial charge in [-0.2, -0.15) is 0 Å². The fraction of sp³-hybridized carbons (Fsp3) is 0.0909. The van der Waals surface area contributed by atoms with Crippen molar-refractivity contribution in [2.75, 3.05) is 0 Å². The normalized spacial score (nSPS) is 12.7. The van der Waals surface area contributed by atoms with E-state index in [9.17, 15) is 4.39 Å². The molecule has 1 nitrogen and oxygen atoms in total. The molecule has 72 valence electrons. The fourth-order valence-electron chi connectivity index (χ4n) is 1.23. The molecule has 3 heteroatoms. The molecule has 2 rings (SSSR count). The smallest absolute Gasteiger partial charge is 0.123 e. The minimum absolute atomic E-state index is 0.0156. The lowest BCUT2D eigenvalue weighted by atomic mass is 10.1. The van der Waals surface area contributed by atoms with Crippen molar-refractivity contribution in [1.82, 2.24) is 0 Å². The molecule has 0 radical (unpaired) electrons. The first-order valence-electron chi connectivity index (χ1n) is 4.20. The van der Waals surface area contributed by atoms with Gasteiger partial charge in [-0.15, -0.1) is 0 Å². The van der Waals surface area contributed by atoms with Crippen molar-refractivity contribution >= 4 is 15.9 Å². The minimum atomic E-state index is -0.229. The highest BCUT2D eigenvalue weighted by Gasteiger charge is 2.12. The SMILES string of the molecule is Fc1ccc(C(Br)c2ccco2)cc1. The number of hydrogen-bond acceptors (Lipinski definition) is 1. The van der Waals surface area contributed by atoms with Gasteiger partial charge in [-0.3, -0.25) is 0 Å². The van der Waals surface area contributed by atoms with Crippen molar-refractivity contribution in [3.05, 3.63) is 59.8 Å². The first-order valence-corrected chi connectivity index (χ1v) is 5.12. The molecule has 2 aromatic rings. The predicted octanol–water partition coefficient (Wildman–Crippen LogP) is 3.90. The molecular formula is C11H8BrFO. The second-order valence-electron chi connectivity index (χ2n) is 2.93. The molecule has 1 unspecified atom stereocenters. The molecule has 0 bridgehead atoms. The van der Waals surface area contributed by atoms with Crippen LogP contribution in [0.5, 0.6) is 0 Å².